The minimum absolute atomic E-state index is 0.0620. The van der Waals surface area contributed by atoms with Crippen LogP contribution in [-0.2, 0) is 9.59 Å². The molecule has 1 amide bonds. The molecule has 0 saturated heterocycles. The van der Waals surface area contributed by atoms with Crippen molar-refractivity contribution < 1.29 is 24.2 Å². The number of anilines is 1. The summed E-state index contributed by atoms with van der Waals surface area (Å²) in [6.45, 7) is 5.41. The number of allylic oxidation sites excluding steroid dienone is 1. The third-order valence-electron chi connectivity index (χ3n) is 5.50. The Hall–Kier alpha value is -4.04. The van der Waals surface area contributed by atoms with Crippen LogP contribution < -0.4 is 9.64 Å². The Bertz CT molecular complexity index is 1360. The van der Waals surface area contributed by atoms with Gasteiger partial charge in [0, 0.05) is 6.92 Å². The van der Waals surface area contributed by atoms with Gasteiger partial charge in [-0.2, -0.15) is 0 Å². The van der Waals surface area contributed by atoms with E-state index in [0.717, 1.165) is 16.9 Å². The average Bonchev–Trinajstić information content (AvgIpc) is 3.35. The van der Waals surface area contributed by atoms with E-state index in [2.05, 4.69) is 4.98 Å². The van der Waals surface area contributed by atoms with Crippen molar-refractivity contribution in [2.75, 3.05) is 11.5 Å². The Kier molecular flexibility index (Phi) is 6.93. The molecule has 2 aromatic carbocycles. The highest BCUT2D eigenvalue weighted by atomic mass is 32.1. The van der Waals surface area contributed by atoms with Gasteiger partial charge in [-0.05, 0) is 43.2 Å². The van der Waals surface area contributed by atoms with Gasteiger partial charge in [-0.3, -0.25) is 19.3 Å². The van der Waals surface area contributed by atoms with Crippen molar-refractivity contribution in [2.45, 2.75) is 26.8 Å². The Morgan fingerprint density at radius 1 is 1.17 bits per heavy atom. The topological polar surface area (TPSA) is 96.8 Å². The number of amides is 1. The maximum Gasteiger partial charge on any atom is 0.296 e. The molecule has 178 valence electrons. The number of carbonyl (C=O) groups excluding carboxylic acids is 3. The molecule has 1 unspecified atom stereocenters. The van der Waals surface area contributed by atoms with E-state index in [0.29, 0.717) is 28.5 Å². The molecule has 1 atom stereocenters. The number of ketones is 2. The zero-order valence-electron chi connectivity index (χ0n) is 19.5. The lowest BCUT2D eigenvalue weighted by Gasteiger charge is -2.24. The quantitative estimate of drug-likeness (QED) is 0.344. The highest BCUT2D eigenvalue weighted by Crippen LogP contribution is 2.43. The SMILES string of the molecule is CCOc1cccc(C2C(C(=O)C=Cc3ccccc3)=C(O)C(=O)N2c2nc(C)c(C(C)=O)s2)c1. The molecular formula is C27H24N2O5S. The molecule has 8 heteroatoms. The summed E-state index contributed by atoms with van der Waals surface area (Å²) in [6.07, 6.45) is 2.97. The normalized spacial score (nSPS) is 15.8. The zero-order valence-corrected chi connectivity index (χ0v) is 20.3. The van der Waals surface area contributed by atoms with Crippen LogP contribution in [0.25, 0.3) is 6.08 Å². The van der Waals surface area contributed by atoms with E-state index in [9.17, 15) is 19.5 Å². The lowest BCUT2D eigenvalue weighted by atomic mass is 9.95. The van der Waals surface area contributed by atoms with Gasteiger partial charge in [-0.15, -0.1) is 0 Å². The highest BCUT2D eigenvalue weighted by molar-refractivity contribution is 7.17. The second kappa shape index (κ2) is 10.1. The molecule has 4 rings (SSSR count). The Balaban J connectivity index is 1.82. The molecule has 1 N–H and O–H groups in total. The van der Waals surface area contributed by atoms with E-state index < -0.39 is 23.5 Å². The number of thiazole rings is 1. The number of hydrogen-bond donors (Lipinski definition) is 1. The molecule has 3 aromatic rings. The molecule has 0 fully saturated rings. The van der Waals surface area contributed by atoms with Gasteiger partial charge in [0.2, 0.25) is 0 Å². The van der Waals surface area contributed by atoms with Gasteiger partial charge >= 0.3 is 0 Å². The smallest absolute Gasteiger partial charge is 0.296 e. The first-order valence-electron chi connectivity index (χ1n) is 11.1. The first-order valence-corrected chi connectivity index (χ1v) is 11.9. The zero-order chi connectivity index (χ0) is 25.1. The molecule has 0 bridgehead atoms. The van der Waals surface area contributed by atoms with Gasteiger partial charge in [-0.25, -0.2) is 4.98 Å². The van der Waals surface area contributed by atoms with E-state index in [1.807, 2.05) is 37.3 Å². The van der Waals surface area contributed by atoms with Gasteiger partial charge in [0.25, 0.3) is 5.91 Å². The first kappa shape index (κ1) is 24.1. The molecule has 2 heterocycles. The molecular weight excluding hydrogens is 464 g/mol. The van der Waals surface area contributed by atoms with Gasteiger partial charge in [0.05, 0.1) is 28.8 Å². The van der Waals surface area contributed by atoms with Crippen molar-refractivity contribution in [3.8, 4) is 5.75 Å². The van der Waals surface area contributed by atoms with Gasteiger partial charge in [-0.1, -0.05) is 59.9 Å². The van der Waals surface area contributed by atoms with Gasteiger partial charge < -0.3 is 9.84 Å². The summed E-state index contributed by atoms with van der Waals surface area (Å²) < 4.78 is 5.62. The van der Waals surface area contributed by atoms with Gasteiger partial charge in [0.1, 0.15) is 5.75 Å². The van der Waals surface area contributed by atoms with Crippen molar-refractivity contribution in [3.05, 3.63) is 93.7 Å². The molecule has 35 heavy (non-hydrogen) atoms. The van der Waals surface area contributed by atoms with Crippen LogP contribution in [0.2, 0.25) is 0 Å². The Morgan fingerprint density at radius 2 is 1.91 bits per heavy atom. The maximum atomic E-state index is 13.3. The minimum Gasteiger partial charge on any atom is -0.503 e. The number of rotatable bonds is 8. The largest absolute Gasteiger partial charge is 0.503 e. The molecule has 0 radical (unpaired) electrons. The van der Waals surface area contributed by atoms with Gasteiger partial charge in [0.15, 0.2) is 22.5 Å². The summed E-state index contributed by atoms with van der Waals surface area (Å²) in [5.74, 6) is -1.51. The van der Waals surface area contributed by atoms with E-state index in [4.69, 9.17) is 4.74 Å². The van der Waals surface area contributed by atoms with Crippen LogP contribution in [0, 0.1) is 6.92 Å². The van der Waals surface area contributed by atoms with Crippen LogP contribution in [0.3, 0.4) is 0 Å². The van der Waals surface area contributed by atoms with Crippen molar-refractivity contribution in [1.29, 1.82) is 0 Å². The Morgan fingerprint density at radius 3 is 2.57 bits per heavy atom. The minimum atomic E-state index is -0.943. The number of aliphatic hydroxyl groups is 1. The second-order valence-electron chi connectivity index (χ2n) is 7.92. The van der Waals surface area contributed by atoms with Crippen LogP contribution in [0.15, 0.2) is 72.0 Å². The summed E-state index contributed by atoms with van der Waals surface area (Å²) >= 11 is 1.05. The van der Waals surface area contributed by atoms with E-state index in [1.165, 1.54) is 17.9 Å². The molecule has 1 aromatic heterocycles. The monoisotopic (exact) mass is 488 g/mol. The standard InChI is InChI=1S/C27H24N2O5S/c1-4-34-20-12-8-11-19(15-20)23-22(21(31)14-13-18-9-6-5-7-10-18)24(32)26(33)29(23)27-28-16(2)25(35-27)17(3)30/h5-15,23,32H,4H2,1-3H3. The summed E-state index contributed by atoms with van der Waals surface area (Å²) in [4.78, 5) is 44.8. The van der Waals surface area contributed by atoms with Crippen LogP contribution in [-0.4, -0.2) is 34.2 Å². The summed E-state index contributed by atoms with van der Waals surface area (Å²) in [5, 5.41) is 11.1. The number of ether oxygens (including phenoxy) is 1. The first-order chi connectivity index (χ1) is 16.8. The van der Waals surface area contributed by atoms with Crippen molar-refractivity contribution >= 4 is 40.0 Å². The number of Topliss-reactive ketones (excluding diaryl/α,β-unsaturated/α-hetero) is 1. The van der Waals surface area contributed by atoms with Crippen LogP contribution in [0.5, 0.6) is 5.75 Å². The van der Waals surface area contributed by atoms with E-state index in [1.54, 1.807) is 37.3 Å². The van der Waals surface area contributed by atoms with Crippen molar-refractivity contribution in [3.63, 3.8) is 0 Å². The average molecular weight is 489 g/mol. The summed E-state index contributed by atoms with van der Waals surface area (Å²) in [6, 6.07) is 15.3. The van der Waals surface area contributed by atoms with E-state index >= 15 is 0 Å². The Labute approximate surface area is 207 Å². The van der Waals surface area contributed by atoms with Crippen molar-refractivity contribution in [2.24, 2.45) is 0 Å². The lowest BCUT2D eigenvalue weighted by molar-refractivity contribution is -0.117. The maximum absolute atomic E-state index is 13.3. The number of carbonyl (C=O) groups is 3. The third kappa shape index (κ3) is 4.79. The fraction of sp³-hybridized carbons (Fsp3) is 0.185. The summed E-state index contributed by atoms with van der Waals surface area (Å²) in [7, 11) is 0. The molecule has 1 aliphatic heterocycles. The number of aliphatic hydroxyl groups excluding tert-OH is 1. The van der Waals surface area contributed by atoms with Crippen LogP contribution in [0.4, 0.5) is 5.13 Å². The number of aryl methyl sites for hydroxylation is 1. The van der Waals surface area contributed by atoms with Crippen LogP contribution >= 0.6 is 11.3 Å². The number of nitrogens with zero attached hydrogens (tertiary/aromatic N) is 2. The number of aromatic nitrogens is 1. The number of benzene rings is 2. The second-order valence-corrected chi connectivity index (χ2v) is 8.90. The molecule has 1 aliphatic rings. The van der Waals surface area contributed by atoms with Crippen molar-refractivity contribution in [1.82, 2.24) is 4.98 Å². The molecule has 7 nitrogen and oxygen atoms in total. The summed E-state index contributed by atoms with van der Waals surface area (Å²) in [5.41, 5.74) is 1.80. The fourth-order valence-electron chi connectivity index (χ4n) is 3.95. The lowest BCUT2D eigenvalue weighted by Crippen LogP contribution is -2.30. The van der Waals surface area contributed by atoms with Crippen LogP contribution in [0.1, 0.15) is 46.4 Å². The fourth-order valence-corrected chi connectivity index (χ4v) is 4.94. The molecule has 0 aliphatic carbocycles. The molecule has 0 saturated carbocycles. The molecule has 0 spiro atoms. The number of hydrogen-bond acceptors (Lipinski definition) is 7. The predicted octanol–water partition coefficient (Wildman–Crippen LogP) is 5.24. The predicted molar refractivity (Wildman–Crippen MR) is 135 cm³/mol. The van der Waals surface area contributed by atoms with E-state index in [-0.39, 0.29) is 16.5 Å². The third-order valence-corrected chi connectivity index (χ3v) is 6.75. The highest BCUT2D eigenvalue weighted by Gasteiger charge is 2.45.